The molecule has 13 amide bonds. The van der Waals surface area contributed by atoms with Gasteiger partial charge in [-0.1, -0.05) is 100 Å². The van der Waals surface area contributed by atoms with Crippen LogP contribution < -0.4 is 122 Å². The molecule has 34 N–H and O–H groups in total. The zero-order valence-electron chi connectivity index (χ0n) is 65.2. The third-order valence-electron chi connectivity index (χ3n) is 18.2. The molecule has 1 aromatic carbocycles. The number of H-pyrrole nitrogens is 1. The molecule has 0 saturated heterocycles. The fourth-order valence-electron chi connectivity index (χ4n) is 11.2. The van der Waals surface area contributed by atoms with E-state index in [4.69, 9.17) is 63.1 Å². The third-order valence-corrected chi connectivity index (χ3v) is 18.2. The summed E-state index contributed by atoms with van der Waals surface area (Å²) in [6, 6.07) is -9.04. The average molecular weight is 1550 g/mol. The second-order valence-corrected chi connectivity index (χ2v) is 28.3. The average Bonchev–Trinajstić information content (AvgIpc) is 1.65. The van der Waals surface area contributed by atoms with E-state index in [-0.39, 0.29) is 133 Å². The van der Waals surface area contributed by atoms with Crippen molar-refractivity contribution in [3.05, 3.63) is 36.0 Å². The van der Waals surface area contributed by atoms with Crippen molar-refractivity contribution in [1.29, 1.82) is 0 Å². The zero-order valence-corrected chi connectivity index (χ0v) is 65.2. The maximum atomic E-state index is 14.7. The lowest BCUT2D eigenvalue weighted by molar-refractivity contribution is -0.137. The van der Waals surface area contributed by atoms with Gasteiger partial charge in [0.2, 0.25) is 76.8 Å². The molecule has 0 radical (unpaired) electrons. The van der Waals surface area contributed by atoms with Crippen molar-refractivity contribution in [2.45, 2.75) is 232 Å². The second kappa shape index (κ2) is 48.3. The molecule has 0 aliphatic heterocycles. The monoisotopic (exact) mass is 1550 g/mol. The predicted octanol–water partition coefficient (Wildman–Crippen LogP) is -5.58. The van der Waals surface area contributed by atoms with Gasteiger partial charge in [-0.25, -0.2) is 0 Å². The summed E-state index contributed by atoms with van der Waals surface area (Å²) < 4.78 is 0. The van der Waals surface area contributed by atoms with Gasteiger partial charge in [0.25, 0.3) is 0 Å². The van der Waals surface area contributed by atoms with E-state index in [0.29, 0.717) is 22.9 Å². The Labute approximate surface area is 641 Å². The molecule has 0 fully saturated rings. The Morgan fingerprint density at radius 1 is 0.373 bits per heavy atom. The fraction of sp³-hybridized carbons (Fsp3) is 0.643. The lowest BCUT2D eigenvalue weighted by atomic mass is 9.95. The van der Waals surface area contributed by atoms with Crippen LogP contribution in [0.5, 0.6) is 0 Å². The zero-order chi connectivity index (χ0) is 83.2. The minimum atomic E-state index is -1.47. The molecule has 40 nitrogen and oxygen atoms in total. The predicted molar refractivity (Wildman–Crippen MR) is 418 cm³/mol. The van der Waals surface area contributed by atoms with Crippen LogP contribution in [0.2, 0.25) is 0 Å². The van der Waals surface area contributed by atoms with E-state index < -0.39 is 173 Å². The van der Waals surface area contributed by atoms with E-state index >= 15 is 0 Å². The van der Waals surface area contributed by atoms with Crippen LogP contribution in [0, 0.1) is 29.6 Å². The van der Waals surface area contributed by atoms with E-state index in [0.717, 1.165) is 0 Å². The van der Waals surface area contributed by atoms with Gasteiger partial charge < -0.3 is 127 Å². The number of nitrogens with two attached hydrogens (primary N) is 11. The number of nitrogens with zero attached hydrogens (tertiary/aromatic N) is 4. The van der Waals surface area contributed by atoms with E-state index in [1.54, 1.807) is 99.7 Å². The van der Waals surface area contributed by atoms with Gasteiger partial charge in [0.15, 0.2) is 23.8 Å². The number of rotatable bonds is 51. The first kappa shape index (κ1) is 95.0. The minimum Gasteiger partial charge on any atom is -0.370 e. The van der Waals surface area contributed by atoms with Gasteiger partial charge in [0, 0.05) is 56.1 Å². The molecule has 110 heavy (non-hydrogen) atoms. The quantitative estimate of drug-likeness (QED) is 0.0167. The topological polar surface area (TPSA) is 706 Å². The molecular formula is C70H123N27O13. The number of aromatic amines is 1. The van der Waals surface area contributed by atoms with Gasteiger partial charge in [0.1, 0.15) is 66.5 Å². The second-order valence-electron chi connectivity index (χ2n) is 28.3. The van der Waals surface area contributed by atoms with Gasteiger partial charge in [0.05, 0.1) is 6.04 Å². The summed E-state index contributed by atoms with van der Waals surface area (Å²) in [7, 11) is 0. The Hall–Kier alpha value is -11.1. The molecule has 0 unspecified atom stereocenters. The van der Waals surface area contributed by atoms with Crippen LogP contribution >= 0.6 is 0 Å². The third kappa shape index (κ3) is 34.0. The van der Waals surface area contributed by atoms with E-state index in [2.05, 4.69) is 83.4 Å². The van der Waals surface area contributed by atoms with Crippen LogP contribution in [0.25, 0.3) is 10.9 Å². The fourth-order valence-corrected chi connectivity index (χ4v) is 11.2. The first-order valence-corrected chi connectivity index (χ1v) is 37.1. The number of hydrogen-bond acceptors (Lipinski definition) is 18. The van der Waals surface area contributed by atoms with Crippen LogP contribution in [0.15, 0.2) is 50.4 Å². The van der Waals surface area contributed by atoms with Gasteiger partial charge in [-0.3, -0.25) is 82.3 Å². The Morgan fingerprint density at radius 2 is 0.700 bits per heavy atom. The number of para-hydroxylation sites is 1. The number of carbonyl (C=O) groups is 13. The molecule has 0 bridgehead atoms. The van der Waals surface area contributed by atoms with E-state index in [1.165, 1.54) is 6.92 Å². The molecule has 2 rings (SSSR count). The van der Waals surface area contributed by atoms with E-state index in [9.17, 15) is 62.3 Å². The Balaban J connectivity index is 2.57. The molecule has 0 saturated carbocycles. The molecule has 616 valence electrons. The highest BCUT2D eigenvalue weighted by molar-refractivity contribution is 6.00. The smallest absolute Gasteiger partial charge is 0.243 e. The van der Waals surface area contributed by atoms with Crippen molar-refractivity contribution in [1.82, 2.24) is 63.5 Å². The number of carbonyl (C=O) groups excluding carboxylic acids is 13. The largest absolute Gasteiger partial charge is 0.370 e. The van der Waals surface area contributed by atoms with Crippen LogP contribution in [0.1, 0.15) is 159 Å². The van der Waals surface area contributed by atoms with Crippen molar-refractivity contribution in [2.24, 2.45) is 113 Å². The van der Waals surface area contributed by atoms with Crippen molar-refractivity contribution >= 4 is 112 Å². The number of amides is 13. The minimum absolute atomic E-state index is 0.00580. The summed E-state index contributed by atoms with van der Waals surface area (Å²) in [5.41, 5.74) is 62.9. The number of aliphatic imine (C=N–C) groups is 4. The maximum Gasteiger partial charge on any atom is 0.243 e. The molecule has 2 aromatic rings. The molecule has 0 aliphatic carbocycles. The number of benzene rings is 1. The van der Waals surface area contributed by atoms with Crippen LogP contribution in [0.3, 0.4) is 0 Å². The summed E-state index contributed by atoms with van der Waals surface area (Å²) in [6.07, 6.45) is 1.78. The maximum absolute atomic E-state index is 14.7. The molecule has 0 aliphatic rings. The van der Waals surface area contributed by atoms with Gasteiger partial charge in [-0.05, 0) is 106 Å². The van der Waals surface area contributed by atoms with E-state index in [1.807, 2.05) is 0 Å². The highest BCUT2D eigenvalue weighted by atomic mass is 16.2. The molecule has 1 aromatic heterocycles. The first-order valence-electron chi connectivity index (χ1n) is 37.1. The van der Waals surface area contributed by atoms with Crippen molar-refractivity contribution in [3.8, 4) is 0 Å². The Kier molecular flexibility index (Phi) is 41.7. The molecule has 0 spiro atoms. The molecule has 14 atom stereocenters. The molecule has 40 heteroatoms. The number of primary amides is 2. The number of hydrogen-bond donors (Lipinski definition) is 23. The summed E-state index contributed by atoms with van der Waals surface area (Å²) in [5.74, 6) is -14.6. The highest BCUT2D eigenvalue weighted by Gasteiger charge is 2.39. The van der Waals surface area contributed by atoms with Gasteiger partial charge in [-0.2, -0.15) is 0 Å². The van der Waals surface area contributed by atoms with Crippen molar-refractivity contribution < 1.29 is 62.3 Å². The summed E-state index contributed by atoms with van der Waals surface area (Å²) >= 11 is 0. The molecule has 1 heterocycles. The Bertz CT molecular complexity index is 3530. The van der Waals surface area contributed by atoms with Crippen molar-refractivity contribution in [2.75, 3.05) is 26.2 Å². The highest BCUT2D eigenvalue weighted by Crippen LogP contribution is 2.21. The summed E-state index contributed by atoms with van der Waals surface area (Å²) in [4.78, 5) is 201. The normalized spacial score (nSPS) is 15.0. The van der Waals surface area contributed by atoms with Gasteiger partial charge in [-0.15, -0.1) is 0 Å². The molecular weight excluding hydrogens is 1430 g/mol. The number of fused-ring (bicyclic) bond motifs is 1. The number of nitrogens with one attached hydrogen (secondary N) is 12. The van der Waals surface area contributed by atoms with Gasteiger partial charge >= 0.3 is 0 Å². The van der Waals surface area contributed by atoms with Crippen molar-refractivity contribution in [3.63, 3.8) is 0 Å². The SMILES string of the molecule is CC[C@@H](C)[C@@H](NC(=O)[C@@H](C)NC(=O)[C@@H](CCCN=C(N)N)NC(=O)[C@@H](Cc1c[nH]c2ccccc12)NC(=O)[C@@H](CCC(N)=O)NC(=O)[C@H](N)C(C)C)C(=O)N[C@H](CCCN=C(N)N)C(=O)N[C@@H](C(=O)N[C@H](CCCN=C(N)N)C(=O)N[C@@H](C(=O)N[C@@H](C(=O)N[C@H](CCCN=C(N)N)C(N)=O)[C@H](C)CC)C(C)C)C(C)C. The lowest BCUT2D eigenvalue weighted by Gasteiger charge is -2.31. The summed E-state index contributed by atoms with van der Waals surface area (Å²) in [5, 5.41) is 30.1. The number of aromatic nitrogens is 1. The number of guanidine groups is 4. The van der Waals surface area contributed by atoms with Crippen LogP contribution in [-0.4, -0.2) is 204 Å². The first-order chi connectivity index (χ1) is 51.6. The summed E-state index contributed by atoms with van der Waals surface area (Å²) in [6.45, 7) is 18.2. The van der Waals surface area contributed by atoms with Crippen LogP contribution in [-0.2, 0) is 68.7 Å². The van der Waals surface area contributed by atoms with Crippen LogP contribution in [0.4, 0.5) is 0 Å². The standard InChI is InChI=1S/C70H123N27O13/c1-12-37(9)53(96-56(100)39(11)87-57(101)44(23-17-29-83-68(76)77)89-61(105)48(32-40-33-86-42-21-15-14-20-41(40)42)93-58(102)47(26-27-49(71)98)90-62(106)50(72)34(3)4)66(110)92-46(25-19-31-85-70(80)81)60(104)94-51(35(5)6)63(107)91-45(24-18-30-84-69(78)79)59(103)95-52(36(7)8)64(108)97-54(38(10)13-2)65(109)88-43(55(73)99)22-16-28-82-67(74)75/h14-15,20-21,33-39,43-48,50-54,86H,12-13,16-19,22-32,72H2,1-11H3,(H2,71,98)(H2,73,99)(H,87,101)(H,88,109)(H,89,105)(H,90,106)(H,91,107)(H,92,110)(H,93,102)(H,94,104)(H,95,103)(H,96,100)(H,97,108)(H4,74,75,82)(H4,76,77,83)(H4,78,79,84)(H4,80,81,85)/t37-,38-,39-,43-,44-,45-,46-,47-,48-,50-,51-,52-,53-,54-/m1/s1. The Morgan fingerprint density at radius 3 is 1.10 bits per heavy atom. The lowest BCUT2D eigenvalue weighted by Crippen LogP contribution is -2.62.